The molecule has 25 heavy (non-hydrogen) atoms. The van der Waals surface area contributed by atoms with Crippen LogP contribution in [0.5, 0.6) is 0 Å². The summed E-state index contributed by atoms with van der Waals surface area (Å²) in [6.45, 7) is 4.26. The standard InChI is InChI=1S/C21H40O4/c1-3-5-7-8-9-10-11-12-13-14-15-16-19(18-20(22)23)25-21(24)17-6-4-2/h19H,3-18H2,1-2H3,(H,22,23). The van der Waals surface area contributed by atoms with E-state index in [9.17, 15) is 9.59 Å². The van der Waals surface area contributed by atoms with E-state index in [-0.39, 0.29) is 12.4 Å². The Morgan fingerprint density at radius 3 is 1.72 bits per heavy atom. The van der Waals surface area contributed by atoms with Crippen LogP contribution in [0.4, 0.5) is 0 Å². The Morgan fingerprint density at radius 1 is 0.760 bits per heavy atom. The van der Waals surface area contributed by atoms with Gasteiger partial charge in [0.2, 0.25) is 0 Å². The highest BCUT2D eigenvalue weighted by atomic mass is 16.5. The molecule has 0 radical (unpaired) electrons. The highest BCUT2D eigenvalue weighted by Crippen LogP contribution is 2.15. The third-order valence-corrected chi connectivity index (χ3v) is 4.56. The van der Waals surface area contributed by atoms with E-state index in [0.29, 0.717) is 12.8 Å². The van der Waals surface area contributed by atoms with Gasteiger partial charge in [-0.15, -0.1) is 0 Å². The molecule has 4 heteroatoms. The molecule has 0 aromatic carbocycles. The monoisotopic (exact) mass is 356 g/mol. The van der Waals surface area contributed by atoms with Gasteiger partial charge >= 0.3 is 11.9 Å². The van der Waals surface area contributed by atoms with E-state index in [1.54, 1.807) is 0 Å². The summed E-state index contributed by atoms with van der Waals surface area (Å²) in [6, 6.07) is 0. The van der Waals surface area contributed by atoms with Crippen molar-refractivity contribution in [3.8, 4) is 0 Å². The van der Waals surface area contributed by atoms with Gasteiger partial charge in [0.15, 0.2) is 0 Å². The van der Waals surface area contributed by atoms with Crippen molar-refractivity contribution < 1.29 is 19.4 Å². The summed E-state index contributed by atoms with van der Waals surface area (Å²) >= 11 is 0. The molecule has 0 rings (SSSR count). The molecule has 148 valence electrons. The Hall–Kier alpha value is -1.06. The number of rotatable bonds is 18. The number of esters is 1. The molecular weight excluding hydrogens is 316 g/mol. The summed E-state index contributed by atoms with van der Waals surface area (Å²) in [5.74, 6) is -1.15. The van der Waals surface area contributed by atoms with Crippen molar-refractivity contribution in [3.05, 3.63) is 0 Å². The maximum Gasteiger partial charge on any atom is 0.307 e. The Bertz CT molecular complexity index is 328. The molecule has 0 saturated heterocycles. The second-order valence-electron chi connectivity index (χ2n) is 7.14. The SMILES string of the molecule is CCCCCCCCCCCCCC(CC(=O)O)OC(=O)CCCC. The molecule has 0 aromatic heterocycles. The first-order valence-electron chi connectivity index (χ1n) is 10.5. The minimum absolute atomic E-state index is 0.0738. The largest absolute Gasteiger partial charge is 0.481 e. The van der Waals surface area contributed by atoms with Crippen LogP contribution >= 0.6 is 0 Å². The van der Waals surface area contributed by atoms with E-state index in [0.717, 1.165) is 25.7 Å². The van der Waals surface area contributed by atoms with Gasteiger partial charge in [0, 0.05) is 6.42 Å². The van der Waals surface area contributed by atoms with Crippen molar-refractivity contribution in [1.82, 2.24) is 0 Å². The second kappa shape index (κ2) is 17.8. The van der Waals surface area contributed by atoms with E-state index < -0.39 is 12.1 Å². The van der Waals surface area contributed by atoms with Crippen LogP contribution in [0.25, 0.3) is 0 Å². The number of aliphatic carboxylic acids is 1. The van der Waals surface area contributed by atoms with Gasteiger partial charge in [-0.25, -0.2) is 0 Å². The second-order valence-corrected chi connectivity index (χ2v) is 7.14. The predicted octanol–water partition coefficient (Wildman–Crippen LogP) is 6.26. The van der Waals surface area contributed by atoms with Gasteiger partial charge < -0.3 is 9.84 Å². The fourth-order valence-corrected chi connectivity index (χ4v) is 3.00. The minimum Gasteiger partial charge on any atom is -0.481 e. The Morgan fingerprint density at radius 2 is 1.24 bits per heavy atom. The number of unbranched alkanes of at least 4 members (excludes halogenated alkanes) is 11. The topological polar surface area (TPSA) is 63.6 Å². The van der Waals surface area contributed by atoms with E-state index in [2.05, 4.69) is 6.92 Å². The zero-order valence-corrected chi connectivity index (χ0v) is 16.6. The van der Waals surface area contributed by atoms with Gasteiger partial charge in [-0.3, -0.25) is 9.59 Å². The molecule has 1 N–H and O–H groups in total. The van der Waals surface area contributed by atoms with Gasteiger partial charge in [0.1, 0.15) is 6.10 Å². The van der Waals surface area contributed by atoms with Crippen molar-refractivity contribution >= 4 is 11.9 Å². The highest BCUT2D eigenvalue weighted by molar-refractivity contribution is 5.71. The summed E-state index contributed by atoms with van der Waals surface area (Å²) in [7, 11) is 0. The molecule has 1 atom stereocenters. The molecule has 0 aliphatic heterocycles. The zero-order valence-electron chi connectivity index (χ0n) is 16.6. The van der Waals surface area contributed by atoms with Crippen molar-refractivity contribution in [2.45, 2.75) is 123 Å². The molecule has 0 amide bonds. The molecule has 0 aliphatic rings. The molecule has 0 bridgehead atoms. The Kier molecular flexibility index (Phi) is 17.0. The fourth-order valence-electron chi connectivity index (χ4n) is 3.00. The van der Waals surface area contributed by atoms with E-state index in [4.69, 9.17) is 9.84 Å². The maximum atomic E-state index is 11.7. The zero-order chi connectivity index (χ0) is 18.8. The molecule has 0 spiro atoms. The molecule has 0 aliphatic carbocycles. The molecule has 0 heterocycles. The molecule has 0 aromatic rings. The van der Waals surface area contributed by atoms with Crippen LogP contribution in [0.3, 0.4) is 0 Å². The summed E-state index contributed by atoms with van der Waals surface area (Å²) in [4.78, 5) is 22.6. The average molecular weight is 357 g/mol. The van der Waals surface area contributed by atoms with E-state index >= 15 is 0 Å². The van der Waals surface area contributed by atoms with Crippen molar-refractivity contribution in [3.63, 3.8) is 0 Å². The Balaban J connectivity index is 3.67. The van der Waals surface area contributed by atoms with Crippen molar-refractivity contribution in [2.24, 2.45) is 0 Å². The van der Waals surface area contributed by atoms with Crippen LogP contribution in [0.15, 0.2) is 0 Å². The fraction of sp³-hybridized carbons (Fsp3) is 0.905. The smallest absolute Gasteiger partial charge is 0.307 e. The van der Waals surface area contributed by atoms with Gasteiger partial charge in [-0.05, 0) is 19.3 Å². The van der Waals surface area contributed by atoms with Crippen LogP contribution < -0.4 is 0 Å². The summed E-state index contributed by atoms with van der Waals surface area (Å²) < 4.78 is 5.34. The lowest BCUT2D eigenvalue weighted by atomic mass is 10.0. The highest BCUT2D eigenvalue weighted by Gasteiger charge is 2.17. The number of hydrogen-bond donors (Lipinski definition) is 1. The lowest BCUT2D eigenvalue weighted by Crippen LogP contribution is -2.21. The molecule has 4 nitrogen and oxygen atoms in total. The number of ether oxygens (including phenoxy) is 1. The molecule has 1 unspecified atom stereocenters. The number of hydrogen-bond acceptors (Lipinski definition) is 3. The van der Waals surface area contributed by atoms with Gasteiger partial charge in [-0.1, -0.05) is 84.5 Å². The first-order valence-corrected chi connectivity index (χ1v) is 10.5. The van der Waals surface area contributed by atoms with Gasteiger partial charge in [0.05, 0.1) is 6.42 Å². The molecular formula is C21H40O4. The van der Waals surface area contributed by atoms with E-state index in [1.165, 1.54) is 57.8 Å². The number of carbonyl (C=O) groups is 2. The number of carboxylic acids is 1. The molecule has 0 saturated carbocycles. The summed E-state index contributed by atoms with van der Waals surface area (Å²) in [6.07, 6.45) is 16.2. The summed E-state index contributed by atoms with van der Waals surface area (Å²) in [5, 5.41) is 8.96. The Labute approximate surface area is 154 Å². The molecule has 0 fully saturated rings. The first kappa shape index (κ1) is 23.9. The van der Waals surface area contributed by atoms with Gasteiger partial charge in [0.25, 0.3) is 0 Å². The van der Waals surface area contributed by atoms with Crippen LogP contribution in [-0.4, -0.2) is 23.1 Å². The number of carbonyl (C=O) groups excluding carboxylic acids is 1. The average Bonchev–Trinajstić information content (AvgIpc) is 2.57. The first-order chi connectivity index (χ1) is 12.1. The maximum absolute atomic E-state index is 11.7. The van der Waals surface area contributed by atoms with Crippen LogP contribution in [0.2, 0.25) is 0 Å². The lowest BCUT2D eigenvalue weighted by molar-refractivity contribution is -0.153. The third-order valence-electron chi connectivity index (χ3n) is 4.56. The van der Waals surface area contributed by atoms with Gasteiger partial charge in [-0.2, -0.15) is 0 Å². The van der Waals surface area contributed by atoms with Crippen LogP contribution in [0, 0.1) is 0 Å². The quantitative estimate of drug-likeness (QED) is 0.232. The van der Waals surface area contributed by atoms with Crippen molar-refractivity contribution in [1.29, 1.82) is 0 Å². The normalized spacial score (nSPS) is 12.1. The van der Waals surface area contributed by atoms with Crippen LogP contribution in [0.1, 0.15) is 117 Å². The lowest BCUT2D eigenvalue weighted by Gasteiger charge is -2.16. The van der Waals surface area contributed by atoms with E-state index in [1.807, 2.05) is 6.92 Å². The minimum atomic E-state index is -0.892. The summed E-state index contributed by atoms with van der Waals surface area (Å²) in [5.41, 5.74) is 0. The number of carboxylic acid groups (broad SMARTS) is 1. The third kappa shape index (κ3) is 17.6. The predicted molar refractivity (Wildman–Crippen MR) is 103 cm³/mol. The van der Waals surface area contributed by atoms with Crippen molar-refractivity contribution in [2.75, 3.05) is 0 Å². The van der Waals surface area contributed by atoms with Crippen LogP contribution in [-0.2, 0) is 14.3 Å².